The molecule has 0 saturated carbocycles. The van der Waals surface area contributed by atoms with Crippen molar-refractivity contribution in [1.29, 1.82) is 0 Å². The minimum absolute atomic E-state index is 0.122. The monoisotopic (exact) mass is 394 g/mol. The van der Waals surface area contributed by atoms with Crippen LogP contribution in [-0.2, 0) is 11.3 Å². The molecule has 0 bridgehead atoms. The number of nitrogens with zero attached hydrogens (tertiary/aromatic N) is 1. The highest BCUT2D eigenvalue weighted by Gasteiger charge is 2.14. The molecular weight excluding hydrogens is 376 g/mol. The molecule has 4 aromatic rings. The van der Waals surface area contributed by atoms with Crippen molar-refractivity contribution in [2.75, 3.05) is 5.32 Å². The molecule has 7 nitrogen and oxygen atoms in total. The number of anilines is 1. The lowest BCUT2D eigenvalue weighted by molar-refractivity contribution is -0.119. The van der Waals surface area contributed by atoms with Crippen molar-refractivity contribution in [1.82, 2.24) is 15.3 Å². The molecule has 8 heteroatoms. The largest absolute Gasteiger partial charge is 0.458 e. The molecule has 28 heavy (non-hydrogen) atoms. The van der Waals surface area contributed by atoms with E-state index in [0.717, 1.165) is 16.5 Å². The summed E-state index contributed by atoms with van der Waals surface area (Å²) in [5, 5.41) is 8.76. The number of thiazole rings is 1. The molecule has 4 rings (SSSR count). The fourth-order valence-electron chi connectivity index (χ4n) is 2.79. The molecule has 142 valence electrons. The molecule has 0 unspecified atom stereocenters. The fourth-order valence-corrected chi connectivity index (χ4v) is 3.49. The molecule has 0 saturated heterocycles. The molecule has 3 N–H and O–H groups in total. The van der Waals surface area contributed by atoms with Crippen LogP contribution in [0.15, 0.2) is 46.2 Å². The number of hydrogen-bond donors (Lipinski definition) is 3. The first-order valence-corrected chi connectivity index (χ1v) is 9.56. The Bertz CT molecular complexity index is 1170. The molecule has 0 aliphatic heterocycles. The van der Waals surface area contributed by atoms with Gasteiger partial charge in [-0.15, -0.1) is 11.3 Å². The normalized spacial score (nSPS) is 10.9. The number of nitrogens with one attached hydrogen (secondary N) is 3. The first kappa shape index (κ1) is 18.0. The van der Waals surface area contributed by atoms with E-state index in [-0.39, 0.29) is 11.8 Å². The lowest BCUT2D eigenvalue weighted by Gasteiger charge is -1.98. The Labute approximate surface area is 164 Å². The van der Waals surface area contributed by atoms with E-state index < -0.39 is 0 Å². The zero-order valence-corrected chi connectivity index (χ0v) is 16.1. The lowest BCUT2D eigenvalue weighted by atomic mass is 10.2. The van der Waals surface area contributed by atoms with Crippen LogP contribution >= 0.6 is 11.3 Å². The van der Waals surface area contributed by atoms with Crippen LogP contribution in [0.5, 0.6) is 0 Å². The van der Waals surface area contributed by atoms with Gasteiger partial charge < -0.3 is 14.7 Å². The van der Waals surface area contributed by atoms with Gasteiger partial charge in [-0.3, -0.25) is 14.9 Å². The maximum atomic E-state index is 12.5. The number of aryl methyl sites for hydroxylation is 1. The fraction of sp³-hybridized carbons (Fsp3) is 0.150. The Morgan fingerprint density at radius 1 is 1.21 bits per heavy atom. The van der Waals surface area contributed by atoms with Gasteiger partial charge in [-0.2, -0.15) is 0 Å². The maximum Gasteiger partial charge on any atom is 0.273 e. The summed E-state index contributed by atoms with van der Waals surface area (Å²) in [6.45, 7) is 3.78. The number of benzene rings is 1. The molecule has 0 aliphatic rings. The molecule has 3 heterocycles. The SMILES string of the molecule is CC(=O)NCc1ccc(-c2csc(NC(=O)c3cc4ccc(C)cc4[nH]3)n2)o1. The van der Waals surface area contributed by atoms with Crippen LogP contribution < -0.4 is 10.6 Å². The molecule has 0 radical (unpaired) electrons. The molecule has 0 spiro atoms. The van der Waals surface area contributed by atoms with Gasteiger partial charge in [0.05, 0.1) is 6.54 Å². The zero-order valence-electron chi connectivity index (χ0n) is 15.3. The van der Waals surface area contributed by atoms with Gasteiger partial charge in [-0.05, 0) is 36.8 Å². The topological polar surface area (TPSA) is 100 Å². The van der Waals surface area contributed by atoms with E-state index >= 15 is 0 Å². The van der Waals surface area contributed by atoms with Crippen molar-refractivity contribution >= 4 is 39.2 Å². The smallest absolute Gasteiger partial charge is 0.273 e. The van der Waals surface area contributed by atoms with Crippen LogP contribution in [0.4, 0.5) is 5.13 Å². The number of rotatable bonds is 5. The Hall–Kier alpha value is -3.39. The van der Waals surface area contributed by atoms with Crippen LogP contribution in [0.1, 0.15) is 28.7 Å². The number of furan rings is 1. The van der Waals surface area contributed by atoms with Gasteiger partial charge in [0.15, 0.2) is 10.9 Å². The first-order chi connectivity index (χ1) is 13.5. The molecule has 0 fully saturated rings. The summed E-state index contributed by atoms with van der Waals surface area (Å²) in [7, 11) is 0. The summed E-state index contributed by atoms with van der Waals surface area (Å²) in [5.74, 6) is 0.847. The highest BCUT2D eigenvalue weighted by atomic mass is 32.1. The number of carbonyl (C=O) groups is 2. The van der Waals surface area contributed by atoms with E-state index in [0.29, 0.717) is 34.6 Å². The minimum atomic E-state index is -0.249. The molecule has 2 amide bonds. The van der Waals surface area contributed by atoms with Crippen molar-refractivity contribution in [2.45, 2.75) is 20.4 Å². The van der Waals surface area contributed by atoms with E-state index in [1.165, 1.54) is 18.3 Å². The standard InChI is InChI=1S/C20H18N4O3S/c1-11-3-4-13-8-16(22-15(13)7-11)19(26)24-20-23-17(10-28-20)18-6-5-14(27-18)9-21-12(2)25/h3-8,10,22H,9H2,1-2H3,(H,21,25)(H,23,24,26). The van der Waals surface area contributed by atoms with E-state index in [9.17, 15) is 9.59 Å². The Balaban J connectivity index is 1.46. The third kappa shape index (κ3) is 3.81. The van der Waals surface area contributed by atoms with Crippen LogP contribution in [0, 0.1) is 6.92 Å². The average Bonchev–Trinajstić information content (AvgIpc) is 3.38. The number of carbonyl (C=O) groups excluding carboxylic acids is 2. The third-order valence-corrected chi connectivity index (χ3v) is 4.93. The number of hydrogen-bond acceptors (Lipinski definition) is 5. The van der Waals surface area contributed by atoms with Gasteiger partial charge in [0.1, 0.15) is 17.1 Å². The highest BCUT2D eigenvalue weighted by molar-refractivity contribution is 7.14. The van der Waals surface area contributed by atoms with Gasteiger partial charge >= 0.3 is 0 Å². The van der Waals surface area contributed by atoms with E-state index in [1.807, 2.05) is 36.6 Å². The van der Waals surface area contributed by atoms with Gasteiger partial charge in [-0.1, -0.05) is 12.1 Å². The second-order valence-corrected chi connectivity index (χ2v) is 7.30. The Morgan fingerprint density at radius 2 is 2.07 bits per heavy atom. The van der Waals surface area contributed by atoms with Crippen molar-refractivity contribution in [3.8, 4) is 11.5 Å². The van der Waals surface area contributed by atoms with E-state index in [2.05, 4.69) is 20.6 Å². The van der Waals surface area contributed by atoms with Crippen molar-refractivity contribution in [3.63, 3.8) is 0 Å². The molecule has 0 aliphatic carbocycles. The van der Waals surface area contributed by atoms with Crippen LogP contribution in [0.2, 0.25) is 0 Å². The third-order valence-electron chi connectivity index (χ3n) is 4.17. The summed E-state index contributed by atoms with van der Waals surface area (Å²) in [6.07, 6.45) is 0. The first-order valence-electron chi connectivity index (χ1n) is 8.68. The second-order valence-electron chi connectivity index (χ2n) is 6.44. The number of fused-ring (bicyclic) bond motifs is 1. The van der Waals surface area contributed by atoms with Crippen molar-refractivity contribution < 1.29 is 14.0 Å². The second kappa shape index (κ2) is 7.32. The predicted molar refractivity (Wildman–Crippen MR) is 108 cm³/mol. The summed E-state index contributed by atoms with van der Waals surface area (Å²) in [5.41, 5.74) is 3.16. The summed E-state index contributed by atoms with van der Waals surface area (Å²) in [4.78, 5) is 31.1. The Morgan fingerprint density at radius 3 is 2.89 bits per heavy atom. The number of H-pyrrole nitrogens is 1. The van der Waals surface area contributed by atoms with Crippen LogP contribution in [0.25, 0.3) is 22.4 Å². The van der Waals surface area contributed by atoms with Gasteiger partial charge in [0.25, 0.3) is 5.91 Å². The summed E-state index contributed by atoms with van der Waals surface area (Å²) < 4.78 is 5.68. The van der Waals surface area contributed by atoms with Gasteiger partial charge in [-0.25, -0.2) is 4.98 Å². The van der Waals surface area contributed by atoms with Crippen molar-refractivity contribution in [3.05, 3.63) is 58.8 Å². The molecular formula is C20H18N4O3S. The quantitative estimate of drug-likeness (QED) is 0.475. The average molecular weight is 394 g/mol. The lowest BCUT2D eigenvalue weighted by Crippen LogP contribution is -2.18. The maximum absolute atomic E-state index is 12.5. The van der Waals surface area contributed by atoms with E-state index in [4.69, 9.17) is 4.42 Å². The van der Waals surface area contributed by atoms with Gasteiger partial charge in [0.2, 0.25) is 5.91 Å². The van der Waals surface area contributed by atoms with E-state index in [1.54, 1.807) is 12.1 Å². The molecule has 1 aromatic carbocycles. The van der Waals surface area contributed by atoms with Gasteiger partial charge in [0, 0.05) is 23.2 Å². The molecule has 0 atom stereocenters. The van der Waals surface area contributed by atoms with Crippen LogP contribution in [0.3, 0.4) is 0 Å². The van der Waals surface area contributed by atoms with Crippen molar-refractivity contribution in [2.24, 2.45) is 0 Å². The van der Waals surface area contributed by atoms with Crippen LogP contribution in [-0.4, -0.2) is 21.8 Å². The highest BCUT2D eigenvalue weighted by Crippen LogP contribution is 2.27. The predicted octanol–water partition coefficient (Wildman–Crippen LogP) is 4.08. The summed E-state index contributed by atoms with van der Waals surface area (Å²) >= 11 is 1.32. The number of aromatic amines is 1. The molecule has 3 aromatic heterocycles. The Kier molecular flexibility index (Phi) is 4.70. The number of aromatic nitrogens is 2. The summed E-state index contributed by atoms with van der Waals surface area (Å²) in [6, 6.07) is 11.4. The number of amides is 2. The minimum Gasteiger partial charge on any atom is -0.458 e. The zero-order chi connectivity index (χ0) is 19.7.